The van der Waals surface area contributed by atoms with Crippen molar-refractivity contribution in [1.82, 2.24) is 10.2 Å². The van der Waals surface area contributed by atoms with Gasteiger partial charge in [0.1, 0.15) is 5.75 Å². The molecule has 0 spiro atoms. The van der Waals surface area contributed by atoms with Gasteiger partial charge in [0.25, 0.3) is 0 Å². The van der Waals surface area contributed by atoms with Crippen LogP contribution in [0.1, 0.15) is 56.7 Å². The Kier molecular flexibility index (Phi) is 3.66. The molecule has 1 N–H and O–H groups in total. The van der Waals surface area contributed by atoms with Crippen LogP contribution in [0.15, 0.2) is 36.4 Å². The Morgan fingerprint density at radius 3 is 2.23 bits per heavy atom. The number of phenolic OH excluding ortho intramolecular Hbond substituents is 1. The molecule has 2 aromatic rings. The largest absolute Gasteiger partial charge is 0.508 e. The average molecular weight is 346 g/mol. The molecule has 134 valence electrons. The Morgan fingerprint density at radius 1 is 0.962 bits per heavy atom. The third-order valence-corrected chi connectivity index (χ3v) is 6.92. The lowest BCUT2D eigenvalue weighted by Gasteiger charge is -2.57. The smallest absolute Gasteiger partial charge is 0.119 e. The van der Waals surface area contributed by atoms with Crippen LogP contribution in [0, 0.1) is 17.8 Å². The van der Waals surface area contributed by atoms with Crippen LogP contribution >= 0.6 is 0 Å². The van der Waals surface area contributed by atoms with E-state index in [2.05, 4.69) is 16.3 Å². The fourth-order valence-electron chi connectivity index (χ4n) is 6.32. The van der Waals surface area contributed by atoms with Gasteiger partial charge in [-0.3, -0.25) is 0 Å². The zero-order valence-electron chi connectivity index (χ0n) is 15.4. The molecule has 4 fully saturated rings. The van der Waals surface area contributed by atoms with Crippen LogP contribution in [0.4, 0.5) is 0 Å². The summed E-state index contributed by atoms with van der Waals surface area (Å²) in [4.78, 5) is 0. The Balaban J connectivity index is 1.53. The highest BCUT2D eigenvalue weighted by atomic mass is 16.3. The summed E-state index contributed by atoms with van der Waals surface area (Å²) in [6.45, 7) is 1.98. The zero-order chi connectivity index (χ0) is 17.7. The first-order valence-corrected chi connectivity index (χ1v) is 9.95. The quantitative estimate of drug-likeness (QED) is 0.815. The van der Waals surface area contributed by atoms with Gasteiger partial charge in [0.2, 0.25) is 0 Å². The molecular formula is C23H26N2O. The summed E-state index contributed by atoms with van der Waals surface area (Å²) in [5.41, 5.74) is 4.16. The summed E-state index contributed by atoms with van der Waals surface area (Å²) in [5, 5.41) is 19.4. The second-order valence-electron chi connectivity index (χ2n) is 8.77. The molecule has 26 heavy (non-hydrogen) atoms. The van der Waals surface area contributed by atoms with Crippen molar-refractivity contribution >= 4 is 6.08 Å². The van der Waals surface area contributed by atoms with Crippen LogP contribution in [0.5, 0.6) is 5.75 Å². The minimum absolute atomic E-state index is 0.188. The number of hydrogen-bond acceptors (Lipinski definition) is 3. The summed E-state index contributed by atoms with van der Waals surface area (Å²) in [7, 11) is 0. The van der Waals surface area contributed by atoms with Gasteiger partial charge in [-0.25, -0.2) is 0 Å². The minimum Gasteiger partial charge on any atom is -0.508 e. The number of benzene rings is 1. The Hall–Kier alpha value is -2.16. The maximum Gasteiger partial charge on any atom is 0.119 e. The van der Waals surface area contributed by atoms with E-state index < -0.39 is 0 Å². The maximum atomic E-state index is 10.7. The molecule has 3 nitrogen and oxygen atoms in total. The monoisotopic (exact) mass is 346 g/mol. The lowest BCUT2D eigenvalue weighted by molar-refractivity contribution is -0.00611. The minimum atomic E-state index is 0.188. The van der Waals surface area contributed by atoms with E-state index in [1.165, 1.54) is 38.5 Å². The number of hydrogen-bond donors (Lipinski definition) is 1. The second-order valence-corrected chi connectivity index (χ2v) is 8.77. The highest BCUT2D eigenvalue weighted by Crippen LogP contribution is 2.62. The summed E-state index contributed by atoms with van der Waals surface area (Å²) in [6.07, 6.45) is 11.9. The predicted molar refractivity (Wildman–Crippen MR) is 104 cm³/mol. The van der Waals surface area contributed by atoms with Gasteiger partial charge in [0.05, 0.1) is 11.4 Å². The molecule has 4 aliphatic rings. The lowest BCUT2D eigenvalue weighted by Crippen LogP contribution is -2.48. The first-order chi connectivity index (χ1) is 12.6. The number of rotatable bonds is 3. The zero-order valence-corrected chi connectivity index (χ0v) is 15.4. The molecule has 0 aliphatic heterocycles. The third kappa shape index (κ3) is 2.56. The van der Waals surface area contributed by atoms with Crippen LogP contribution in [0.25, 0.3) is 17.3 Å². The van der Waals surface area contributed by atoms with Crippen LogP contribution in [0.2, 0.25) is 0 Å². The van der Waals surface area contributed by atoms with Crippen molar-refractivity contribution in [2.45, 2.75) is 50.9 Å². The van der Waals surface area contributed by atoms with E-state index in [1.54, 1.807) is 0 Å². The highest BCUT2D eigenvalue weighted by Gasteiger charge is 2.52. The second kappa shape index (κ2) is 5.94. The predicted octanol–water partition coefficient (Wildman–Crippen LogP) is 5.35. The van der Waals surface area contributed by atoms with E-state index in [4.69, 9.17) is 0 Å². The molecule has 4 bridgehead atoms. The van der Waals surface area contributed by atoms with E-state index >= 15 is 0 Å². The fraction of sp³-hybridized carbons (Fsp3) is 0.478. The topological polar surface area (TPSA) is 46.0 Å². The van der Waals surface area contributed by atoms with Gasteiger partial charge in [-0.15, -0.1) is 5.10 Å². The molecule has 0 saturated heterocycles. The van der Waals surface area contributed by atoms with Gasteiger partial charge in [-0.1, -0.05) is 6.08 Å². The molecule has 0 amide bonds. The molecule has 0 radical (unpaired) electrons. The molecule has 4 saturated carbocycles. The SMILES string of the molecule is C/C=C/c1ccc(-c2ccc(O)c(C34CC5CC(CC(C5)C3)C4)c2)nn1. The van der Waals surface area contributed by atoms with Crippen molar-refractivity contribution in [3.8, 4) is 17.0 Å². The Morgan fingerprint density at radius 2 is 1.65 bits per heavy atom. The normalized spacial score (nSPS) is 32.4. The van der Waals surface area contributed by atoms with Gasteiger partial charge >= 0.3 is 0 Å². The van der Waals surface area contributed by atoms with Crippen molar-refractivity contribution in [3.63, 3.8) is 0 Å². The third-order valence-electron chi connectivity index (χ3n) is 6.92. The number of nitrogens with zero attached hydrogens (tertiary/aromatic N) is 2. The summed E-state index contributed by atoms with van der Waals surface area (Å²) >= 11 is 0. The van der Waals surface area contributed by atoms with Crippen molar-refractivity contribution in [2.75, 3.05) is 0 Å². The van der Waals surface area contributed by atoms with E-state index in [9.17, 15) is 5.11 Å². The number of aromatic hydroxyl groups is 1. The van der Waals surface area contributed by atoms with Crippen molar-refractivity contribution in [1.29, 1.82) is 0 Å². The lowest BCUT2D eigenvalue weighted by atomic mass is 9.48. The van der Waals surface area contributed by atoms with Crippen LogP contribution in [-0.2, 0) is 5.41 Å². The van der Waals surface area contributed by atoms with Gasteiger partial charge in [-0.05, 0) is 105 Å². The number of phenols is 1. The first-order valence-electron chi connectivity index (χ1n) is 9.95. The van der Waals surface area contributed by atoms with Gasteiger partial charge in [0, 0.05) is 11.1 Å². The van der Waals surface area contributed by atoms with Gasteiger partial charge < -0.3 is 5.11 Å². The van der Waals surface area contributed by atoms with Crippen molar-refractivity contribution < 1.29 is 5.11 Å². The molecule has 0 atom stereocenters. The first kappa shape index (κ1) is 16.0. The molecule has 0 unspecified atom stereocenters. The van der Waals surface area contributed by atoms with Crippen molar-refractivity contribution in [2.24, 2.45) is 17.8 Å². The van der Waals surface area contributed by atoms with Crippen molar-refractivity contribution in [3.05, 3.63) is 47.7 Å². The van der Waals surface area contributed by atoms with Gasteiger partial charge in [0.15, 0.2) is 0 Å². The van der Waals surface area contributed by atoms with Gasteiger partial charge in [-0.2, -0.15) is 5.10 Å². The van der Waals surface area contributed by atoms with Crippen LogP contribution in [-0.4, -0.2) is 15.3 Å². The van der Waals surface area contributed by atoms with E-state index in [1.807, 2.05) is 43.3 Å². The molecular weight excluding hydrogens is 320 g/mol. The molecule has 1 heterocycles. The Labute approximate surface area is 155 Å². The molecule has 4 aliphatic carbocycles. The van der Waals surface area contributed by atoms with E-state index in [0.29, 0.717) is 5.75 Å². The highest BCUT2D eigenvalue weighted by molar-refractivity contribution is 5.63. The standard InChI is InChI=1S/C23H26N2O/c1-2-3-19-5-6-21(25-24-19)18-4-7-22(26)20(11-18)23-12-15-8-16(13-23)10-17(9-15)14-23/h2-7,11,15-17,26H,8-10,12-14H2,1H3/b3-2+. The molecule has 1 aromatic heterocycles. The average Bonchev–Trinajstić information content (AvgIpc) is 2.62. The van der Waals surface area contributed by atoms with E-state index in [-0.39, 0.29) is 5.41 Å². The summed E-state index contributed by atoms with van der Waals surface area (Å²) in [5.74, 6) is 3.06. The fourth-order valence-corrected chi connectivity index (χ4v) is 6.32. The molecule has 3 heteroatoms. The van der Waals surface area contributed by atoms with E-state index in [0.717, 1.165) is 40.3 Å². The Bertz CT molecular complexity index is 818. The maximum absolute atomic E-state index is 10.7. The summed E-state index contributed by atoms with van der Waals surface area (Å²) in [6, 6.07) is 10.1. The summed E-state index contributed by atoms with van der Waals surface area (Å²) < 4.78 is 0. The molecule has 1 aromatic carbocycles. The number of allylic oxidation sites excluding steroid dienone is 1. The number of aromatic nitrogens is 2. The van der Waals surface area contributed by atoms with Crippen LogP contribution in [0.3, 0.4) is 0 Å². The molecule has 6 rings (SSSR count). The van der Waals surface area contributed by atoms with Crippen LogP contribution < -0.4 is 0 Å².